The van der Waals surface area contributed by atoms with E-state index in [1.165, 1.54) is 4.90 Å². The molecule has 1 saturated carbocycles. The van der Waals surface area contributed by atoms with Crippen molar-refractivity contribution >= 4 is 12.0 Å². The Balaban J connectivity index is 2.00. The molecule has 0 aromatic carbocycles. The van der Waals surface area contributed by atoms with Crippen molar-refractivity contribution in [2.75, 3.05) is 6.54 Å². The molecule has 0 aromatic heterocycles. The summed E-state index contributed by atoms with van der Waals surface area (Å²) in [6, 6.07) is -0.772. The molecule has 2 N–H and O–H groups in total. The molecule has 1 aliphatic heterocycles. The molecule has 0 bridgehead atoms. The number of carbonyl (C=O) groups excluding carboxylic acids is 1. The third kappa shape index (κ3) is 1.76. The van der Waals surface area contributed by atoms with Gasteiger partial charge in [0, 0.05) is 12.6 Å². The lowest BCUT2D eigenvalue weighted by atomic mass is 10.0. The zero-order valence-electron chi connectivity index (χ0n) is 11.5. The van der Waals surface area contributed by atoms with Gasteiger partial charge in [0.05, 0.1) is 0 Å². The average Bonchev–Trinajstić information content (AvgIpc) is 2.68. The third-order valence-corrected chi connectivity index (χ3v) is 5.09. The van der Waals surface area contributed by atoms with Gasteiger partial charge in [-0.15, -0.1) is 0 Å². The molecule has 1 saturated heterocycles. The highest BCUT2D eigenvalue weighted by atomic mass is 16.4. The Hall–Kier alpha value is -1.26. The number of rotatable bonds is 2. The Morgan fingerprint density at radius 1 is 1.22 bits per heavy atom. The second kappa shape index (κ2) is 3.87. The standard InChI is InChI=1S/C13H22N2O3/c1-12(2)10(13(12,3)4)14-11(18)15-7-5-6-8(15)9(16)17/h8,10H,5-7H2,1-4H3,(H,14,18)(H,16,17)/t8-/m1/s1. The van der Waals surface area contributed by atoms with Crippen LogP contribution in [-0.2, 0) is 4.79 Å². The van der Waals surface area contributed by atoms with Gasteiger partial charge < -0.3 is 15.3 Å². The number of carboxylic acids is 1. The number of carbonyl (C=O) groups is 2. The van der Waals surface area contributed by atoms with Crippen LogP contribution in [0.25, 0.3) is 0 Å². The fourth-order valence-electron chi connectivity index (χ4n) is 3.03. The second-order valence-corrected chi connectivity index (χ2v) is 6.52. The van der Waals surface area contributed by atoms with E-state index < -0.39 is 12.0 Å². The lowest BCUT2D eigenvalue weighted by Gasteiger charge is -2.22. The molecule has 102 valence electrons. The van der Waals surface area contributed by atoms with Crippen LogP contribution in [0.2, 0.25) is 0 Å². The van der Waals surface area contributed by atoms with Gasteiger partial charge in [-0.2, -0.15) is 0 Å². The van der Waals surface area contributed by atoms with Gasteiger partial charge in [-0.05, 0) is 23.7 Å². The second-order valence-electron chi connectivity index (χ2n) is 6.52. The van der Waals surface area contributed by atoms with E-state index in [9.17, 15) is 9.59 Å². The van der Waals surface area contributed by atoms with E-state index in [1.807, 2.05) is 0 Å². The van der Waals surface area contributed by atoms with Crippen molar-refractivity contribution in [2.24, 2.45) is 10.8 Å². The number of aliphatic carboxylic acids is 1. The number of urea groups is 1. The number of nitrogens with zero attached hydrogens (tertiary/aromatic N) is 1. The van der Waals surface area contributed by atoms with E-state index in [0.717, 1.165) is 6.42 Å². The van der Waals surface area contributed by atoms with Gasteiger partial charge in [0.15, 0.2) is 0 Å². The van der Waals surface area contributed by atoms with Gasteiger partial charge >= 0.3 is 12.0 Å². The number of likely N-dealkylation sites (tertiary alicyclic amines) is 1. The molecular formula is C13H22N2O3. The van der Waals surface area contributed by atoms with Crippen LogP contribution in [0.4, 0.5) is 4.79 Å². The van der Waals surface area contributed by atoms with Crippen molar-refractivity contribution in [1.29, 1.82) is 0 Å². The molecule has 2 fully saturated rings. The molecule has 2 amide bonds. The van der Waals surface area contributed by atoms with Crippen molar-refractivity contribution in [2.45, 2.75) is 52.6 Å². The summed E-state index contributed by atoms with van der Waals surface area (Å²) in [5.74, 6) is -0.906. The predicted molar refractivity (Wildman–Crippen MR) is 67.2 cm³/mol. The molecule has 5 nitrogen and oxygen atoms in total. The van der Waals surface area contributed by atoms with Crippen molar-refractivity contribution < 1.29 is 14.7 Å². The maximum atomic E-state index is 12.1. The molecule has 0 radical (unpaired) electrons. The molecule has 2 rings (SSSR count). The highest BCUT2D eigenvalue weighted by molar-refractivity contribution is 5.83. The zero-order valence-corrected chi connectivity index (χ0v) is 11.5. The number of hydrogen-bond acceptors (Lipinski definition) is 2. The van der Waals surface area contributed by atoms with Crippen LogP contribution in [0.15, 0.2) is 0 Å². The Kier molecular flexibility index (Phi) is 2.83. The maximum absolute atomic E-state index is 12.1. The minimum atomic E-state index is -0.906. The molecule has 1 atom stereocenters. The van der Waals surface area contributed by atoms with Crippen LogP contribution in [0, 0.1) is 10.8 Å². The number of nitrogens with one attached hydrogen (secondary N) is 1. The van der Waals surface area contributed by atoms with Crippen molar-refractivity contribution in [3.8, 4) is 0 Å². The zero-order chi connectivity index (χ0) is 13.7. The van der Waals surface area contributed by atoms with Gasteiger partial charge in [-0.25, -0.2) is 9.59 Å². The third-order valence-electron chi connectivity index (χ3n) is 5.09. The molecule has 1 aliphatic carbocycles. The van der Waals surface area contributed by atoms with E-state index in [2.05, 4.69) is 33.0 Å². The van der Waals surface area contributed by atoms with Crippen LogP contribution in [0.3, 0.4) is 0 Å². The first kappa shape index (κ1) is 13.2. The molecule has 0 unspecified atom stereocenters. The highest BCUT2D eigenvalue weighted by Crippen LogP contribution is 2.62. The van der Waals surface area contributed by atoms with Crippen LogP contribution < -0.4 is 5.32 Å². The minimum Gasteiger partial charge on any atom is -0.480 e. The van der Waals surface area contributed by atoms with Crippen LogP contribution in [-0.4, -0.2) is 40.6 Å². The van der Waals surface area contributed by atoms with Gasteiger partial charge in [0.1, 0.15) is 6.04 Å². The molecule has 1 heterocycles. The smallest absolute Gasteiger partial charge is 0.326 e. The van der Waals surface area contributed by atoms with Crippen molar-refractivity contribution in [1.82, 2.24) is 10.2 Å². The lowest BCUT2D eigenvalue weighted by molar-refractivity contribution is -0.141. The van der Waals surface area contributed by atoms with E-state index >= 15 is 0 Å². The van der Waals surface area contributed by atoms with Gasteiger partial charge in [0.2, 0.25) is 0 Å². The summed E-state index contributed by atoms with van der Waals surface area (Å²) < 4.78 is 0. The van der Waals surface area contributed by atoms with E-state index in [0.29, 0.717) is 13.0 Å². The first-order valence-corrected chi connectivity index (χ1v) is 6.49. The van der Waals surface area contributed by atoms with Crippen LogP contribution in [0.5, 0.6) is 0 Å². The van der Waals surface area contributed by atoms with Crippen molar-refractivity contribution in [3.05, 3.63) is 0 Å². The van der Waals surface area contributed by atoms with Gasteiger partial charge in [-0.1, -0.05) is 27.7 Å². The topological polar surface area (TPSA) is 69.6 Å². The van der Waals surface area contributed by atoms with Gasteiger partial charge in [0.25, 0.3) is 0 Å². The number of hydrogen-bond donors (Lipinski definition) is 2. The summed E-state index contributed by atoms with van der Waals surface area (Å²) in [6.07, 6.45) is 1.32. The Labute approximate surface area is 108 Å². The van der Waals surface area contributed by atoms with Crippen LogP contribution in [0.1, 0.15) is 40.5 Å². The Morgan fingerprint density at radius 2 is 1.78 bits per heavy atom. The maximum Gasteiger partial charge on any atom is 0.326 e. The molecule has 5 heteroatoms. The molecule has 2 aliphatic rings. The monoisotopic (exact) mass is 254 g/mol. The fraction of sp³-hybridized carbons (Fsp3) is 0.846. The van der Waals surface area contributed by atoms with E-state index in [-0.39, 0.29) is 22.9 Å². The van der Waals surface area contributed by atoms with E-state index in [4.69, 9.17) is 5.11 Å². The Bertz CT molecular complexity index is 376. The van der Waals surface area contributed by atoms with E-state index in [1.54, 1.807) is 0 Å². The first-order valence-electron chi connectivity index (χ1n) is 6.49. The highest BCUT2D eigenvalue weighted by Gasteiger charge is 2.65. The molecular weight excluding hydrogens is 232 g/mol. The summed E-state index contributed by atoms with van der Waals surface area (Å²) in [7, 11) is 0. The van der Waals surface area contributed by atoms with Gasteiger partial charge in [-0.3, -0.25) is 0 Å². The predicted octanol–water partition coefficient (Wildman–Crippen LogP) is 1.68. The average molecular weight is 254 g/mol. The van der Waals surface area contributed by atoms with Crippen molar-refractivity contribution in [3.63, 3.8) is 0 Å². The molecule has 0 aromatic rings. The lowest BCUT2D eigenvalue weighted by Crippen LogP contribution is -2.47. The first-order chi connectivity index (χ1) is 8.19. The minimum absolute atomic E-state index is 0.0705. The number of amides is 2. The summed E-state index contributed by atoms with van der Waals surface area (Å²) >= 11 is 0. The largest absolute Gasteiger partial charge is 0.480 e. The van der Waals surface area contributed by atoms with Crippen LogP contribution >= 0.6 is 0 Å². The summed E-state index contributed by atoms with van der Waals surface area (Å²) in [5, 5.41) is 12.1. The summed E-state index contributed by atoms with van der Waals surface area (Å²) in [4.78, 5) is 24.6. The summed E-state index contributed by atoms with van der Waals surface area (Å²) in [6.45, 7) is 9.02. The Morgan fingerprint density at radius 3 is 2.22 bits per heavy atom. The number of carboxylic acid groups (broad SMARTS) is 1. The summed E-state index contributed by atoms with van der Waals surface area (Å²) in [5.41, 5.74) is 0.141. The fourth-order valence-corrected chi connectivity index (χ4v) is 3.03. The SMILES string of the molecule is CC1(C)C(NC(=O)N2CCC[C@@H]2C(=O)O)C1(C)C. The molecule has 18 heavy (non-hydrogen) atoms. The quantitative estimate of drug-likeness (QED) is 0.787. The normalized spacial score (nSPS) is 29.1. The molecule has 0 spiro atoms.